The van der Waals surface area contributed by atoms with Crippen molar-refractivity contribution in [3.63, 3.8) is 0 Å². The van der Waals surface area contributed by atoms with Crippen LogP contribution in [0.1, 0.15) is 26.8 Å². The zero-order valence-corrected chi connectivity index (χ0v) is 18.4. The Labute approximate surface area is 186 Å². The number of carbonyl (C=O) groups excluding carboxylic acids is 2. The summed E-state index contributed by atoms with van der Waals surface area (Å²) in [4.78, 5) is 28.2. The lowest BCUT2D eigenvalue weighted by Gasteiger charge is -2.27. The lowest BCUT2D eigenvalue weighted by molar-refractivity contribution is -0.129. The van der Waals surface area contributed by atoms with E-state index in [0.717, 1.165) is 14.7 Å². The first-order valence-electron chi connectivity index (χ1n) is 9.18. The van der Waals surface area contributed by atoms with Gasteiger partial charge in [0.05, 0.1) is 16.5 Å². The number of thiophene rings is 1. The molecule has 1 amide bonds. The molecule has 1 unspecified atom stereocenters. The van der Waals surface area contributed by atoms with Gasteiger partial charge in [0.1, 0.15) is 0 Å². The Morgan fingerprint density at radius 1 is 1.03 bits per heavy atom. The Hall–Kier alpha value is -2.45. The number of halogens is 1. The zero-order chi connectivity index (χ0) is 20.4. The molecule has 29 heavy (non-hydrogen) atoms. The number of ketones is 1. The van der Waals surface area contributed by atoms with Crippen LogP contribution in [0.5, 0.6) is 0 Å². The predicted molar refractivity (Wildman–Crippen MR) is 122 cm³/mol. The van der Waals surface area contributed by atoms with Crippen LogP contribution in [0.15, 0.2) is 83.4 Å². The molecule has 0 fully saturated rings. The fourth-order valence-corrected chi connectivity index (χ4v) is 4.58. The molecule has 1 aliphatic heterocycles. The third-order valence-corrected chi connectivity index (χ3v) is 6.55. The fourth-order valence-electron chi connectivity index (χ4n) is 3.54. The van der Waals surface area contributed by atoms with Gasteiger partial charge < -0.3 is 10.0 Å². The molecular formula is C23H18INO3S. The molecule has 1 atom stereocenters. The molecule has 0 radical (unpaired) electrons. The number of benzene rings is 2. The predicted octanol–water partition coefficient (Wildman–Crippen LogP) is 5.17. The minimum atomic E-state index is -0.599. The first-order chi connectivity index (χ1) is 14.1. The summed E-state index contributed by atoms with van der Waals surface area (Å²) >= 11 is 3.52. The van der Waals surface area contributed by atoms with Gasteiger partial charge in [0, 0.05) is 10.1 Å². The van der Waals surface area contributed by atoms with Gasteiger partial charge in [-0.2, -0.15) is 0 Å². The number of Topliss-reactive ketones (excluding diaryl/α,β-unsaturated/α-hetero) is 1. The van der Waals surface area contributed by atoms with E-state index in [0.29, 0.717) is 17.8 Å². The van der Waals surface area contributed by atoms with Gasteiger partial charge in [0.25, 0.3) is 5.91 Å². The van der Waals surface area contributed by atoms with Crippen LogP contribution in [0.4, 0.5) is 0 Å². The van der Waals surface area contributed by atoms with E-state index in [1.807, 2.05) is 60.0 Å². The third-order valence-electron chi connectivity index (χ3n) is 4.96. The molecule has 4 nitrogen and oxygen atoms in total. The topological polar surface area (TPSA) is 57.6 Å². The highest BCUT2D eigenvalue weighted by Gasteiger charge is 2.43. The van der Waals surface area contributed by atoms with Crippen LogP contribution in [0, 0.1) is 3.57 Å². The quantitative estimate of drug-likeness (QED) is 0.364. The number of nitrogens with zero attached hydrogens (tertiary/aromatic N) is 1. The maximum Gasteiger partial charge on any atom is 0.290 e. The van der Waals surface area contributed by atoms with Crippen LogP contribution in [-0.2, 0) is 11.2 Å². The fraction of sp³-hybridized carbons (Fsp3) is 0.130. The summed E-state index contributed by atoms with van der Waals surface area (Å²) in [5.74, 6) is -1.24. The number of aliphatic hydroxyl groups excluding tert-OH is 1. The van der Waals surface area contributed by atoms with Crippen LogP contribution in [0.3, 0.4) is 0 Å². The van der Waals surface area contributed by atoms with Gasteiger partial charge in [-0.1, -0.05) is 48.5 Å². The maximum absolute atomic E-state index is 13.1. The van der Waals surface area contributed by atoms with Crippen molar-refractivity contribution in [2.75, 3.05) is 6.54 Å². The van der Waals surface area contributed by atoms with Crippen LogP contribution in [0.2, 0.25) is 0 Å². The molecule has 0 saturated heterocycles. The second-order valence-electron chi connectivity index (χ2n) is 6.76. The molecular weight excluding hydrogens is 497 g/mol. The van der Waals surface area contributed by atoms with Crippen molar-refractivity contribution < 1.29 is 14.7 Å². The van der Waals surface area contributed by atoms with Crippen molar-refractivity contribution in [2.45, 2.75) is 12.5 Å². The lowest BCUT2D eigenvalue weighted by Crippen LogP contribution is -2.33. The summed E-state index contributed by atoms with van der Waals surface area (Å²) in [6, 6.07) is 20.5. The molecule has 0 saturated carbocycles. The largest absolute Gasteiger partial charge is 0.503 e. The number of carbonyl (C=O) groups is 2. The van der Waals surface area contributed by atoms with E-state index >= 15 is 0 Å². The van der Waals surface area contributed by atoms with E-state index in [2.05, 4.69) is 22.6 Å². The van der Waals surface area contributed by atoms with Gasteiger partial charge in [-0.25, -0.2) is 0 Å². The summed E-state index contributed by atoms with van der Waals surface area (Å²) in [6.07, 6.45) is 0.640. The summed E-state index contributed by atoms with van der Waals surface area (Å²) in [7, 11) is 0. The van der Waals surface area contributed by atoms with Gasteiger partial charge in [0.15, 0.2) is 5.76 Å². The summed E-state index contributed by atoms with van der Waals surface area (Å²) in [5, 5.41) is 12.5. The molecule has 1 aliphatic rings. The number of hydrogen-bond acceptors (Lipinski definition) is 4. The van der Waals surface area contributed by atoms with Crippen molar-refractivity contribution >= 4 is 45.6 Å². The van der Waals surface area contributed by atoms with Gasteiger partial charge in [-0.15, -0.1) is 11.3 Å². The van der Waals surface area contributed by atoms with Crippen LogP contribution >= 0.6 is 33.9 Å². The first kappa shape index (κ1) is 19.8. The maximum atomic E-state index is 13.1. The van der Waals surface area contributed by atoms with E-state index in [1.54, 1.807) is 17.0 Å². The Morgan fingerprint density at radius 2 is 1.76 bits per heavy atom. The van der Waals surface area contributed by atoms with Gasteiger partial charge in [0.2, 0.25) is 5.78 Å². The Balaban J connectivity index is 1.71. The van der Waals surface area contributed by atoms with Crippen molar-refractivity contribution in [3.8, 4) is 0 Å². The Bertz CT molecular complexity index is 1060. The molecule has 1 aromatic heterocycles. The highest BCUT2D eigenvalue weighted by atomic mass is 127. The minimum absolute atomic E-state index is 0.159. The van der Waals surface area contributed by atoms with E-state index in [9.17, 15) is 14.7 Å². The number of rotatable bonds is 6. The third kappa shape index (κ3) is 4.00. The molecule has 0 aliphatic carbocycles. The molecule has 6 heteroatoms. The van der Waals surface area contributed by atoms with E-state index in [1.165, 1.54) is 11.3 Å². The van der Waals surface area contributed by atoms with E-state index < -0.39 is 17.7 Å². The van der Waals surface area contributed by atoms with Crippen LogP contribution in [-0.4, -0.2) is 28.2 Å². The summed E-state index contributed by atoms with van der Waals surface area (Å²) in [5.41, 5.74) is 2.07. The van der Waals surface area contributed by atoms with Crippen molar-refractivity contribution in [3.05, 3.63) is 103 Å². The molecule has 0 spiro atoms. The molecule has 1 N–H and O–H groups in total. The average Bonchev–Trinajstić information content (AvgIpc) is 3.36. The van der Waals surface area contributed by atoms with Crippen LogP contribution in [0.25, 0.3) is 0 Å². The normalized spacial score (nSPS) is 16.5. The van der Waals surface area contributed by atoms with Gasteiger partial charge in [-0.05, 0) is 63.7 Å². The van der Waals surface area contributed by atoms with Gasteiger partial charge >= 0.3 is 0 Å². The number of hydrogen-bond donors (Lipinski definition) is 1. The summed E-state index contributed by atoms with van der Waals surface area (Å²) in [6.45, 7) is 0.408. The molecule has 146 valence electrons. The second kappa shape index (κ2) is 8.51. The average molecular weight is 515 g/mol. The molecule has 4 rings (SSSR count). The number of aliphatic hydroxyl groups is 1. The lowest BCUT2D eigenvalue weighted by atomic mass is 9.95. The number of amides is 1. The van der Waals surface area contributed by atoms with Crippen molar-refractivity contribution in [1.29, 1.82) is 0 Å². The van der Waals surface area contributed by atoms with Crippen molar-refractivity contribution in [1.82, 2.24) is 4.90 Å². The van der Waals surface area contributed by atoms with Gasteiger partial charge in [-0.3, -0.25) is 9.59 Å². The van der Waals surface area contributed by atoms with Crippen molar-refractivity contribution in [2.24, 2.45) is 0 Å². The molecule has 2 aromatic carbocycles. The van der Waals surface area contributed by atoms with Crippen LogP contribution < -0.4 is 0 Å². The standard InChI is InChI=1S/C23H18INO3S/c24-17-10-8-16(9-11-17)20-19(21(26)18-7-4-14-29-18)22(27)23(28)25(20)13-12-15-5-2-1-3-6-15/h1-11,14,20,27H,12-13H2. The first-order valence-corrected chi connectivity index (χ1v) is 11.1. The summed E-state index contributed by atoms with van der Waals surface area (Å²) < 4.78 is 1.06. The Kier molecular flexibility index (Phi) is 5.82. The molecule has 2 heterocycles. The highest BCUT2D eigenvalue weighted by molar-refractivity contribution is 14.1. The monoisotopic (exact) mass is 515 g/mol. The molecule has 0 bridgehead atoms. The molecule has 3 aromatic rings. The minimum Gasteiger partial charge on any atom is -0.503 e. The zero-order valence-electron chi connectivity index (χ0n) is 15.4. The second-order valence-corrected chi connectivity index (χ2v) is 8.95. The highest BCUT2D eigenvalue weighted by Crippen LogP contribution is 2.39. The smallest absolute Gasteiger partial charge is 0.290 e. The SMILES string of the molecule is O=C(C1=C(O)C(=O)N(CCc2ccccc2)C1c1ccc(I)cc1)c1cccs1. The van der Waals surface area contributed by atoms with E-state index in [-0.39, 0.29) is 11.4 Å². The Morgan fingerprint density at radius 3 is 2.41 bits per heavy atom. The van der Waals surface area contributed by atoms with E-state index in [4.69, 9.17) is 0 Å².